The average Bonchev–Trinajstić information content (AvgIpc) is 1.79. The fourth-order valence-corrected chi connectivity index (χ4v) is 4.56. The second-order valence-corrected chi connectivity index (χ2v) is 9.47. The Kier molecular flexibility index (Phi) is 2.17. The van der Waals surface area contributed by atoms with E-state index in [9.17, 15) is 0 Å². The smallest absolute Gasteiger partial charge is 0.0490 e. The summed E-state index contributed by atoms with van der Waals surface area (Å²) in [4.78, 5) is 0. The van der Waals surface area contributed by atoms with Crippen molar-refractivity contribution in [2.45, 2.75) is 43.7 Å². The first-order valence-electron chi connectivity index (χ1n) is 4.02. The van der Waals surface area contributed by atoms with Crippen molar-refractivity contribution in [2.75, 3.05) is 0 Å². The first-order chi connectivity index (χ1) is 4.51. The molecular weight excluding hydrogens is 140 g/mol. The molecule has 2 atom stereocenters. The summed E-state index contributed by atoms with van der Waals surface area (Å²) in [6, 6.07) is 3.15. The van der Waals surface area contributed by atoms with Crippen LogP contribution in [0.3, 0.4) is 0 Å². The minimum atomic E-state index is -0.900. The molecule has 1 fully saturated rings. The molecule has 0 aliphatic carbocycles. The number of nitrogens with two attached hydrogens (primary N) is 2. The highest BCUT2D eigenvalue weighted by atomic mass is 28.3. The van der Waals surface area contributed by atoms with Gasteiger partial charge in [0.15, 0.2) is 0 Å². The number of rotatable bonds is 0. The predicted molar refractivity (Wildman–Crippen MR) is 47.7 cm³/mol. The highest BCUT2D eigenvalue weighted by Crippen LogP contribution is 2.26. The predicted octanol–water partition coefficient (Wildman–Crippen LogP) is 0.753. The van der Waals surface area contributed by atoms with Crippen molar-refractivity contribution < 1.29 is 0 Å². The van der Waals surface area contributed by atoms with Crippen LogP contribution in [0.15, 0.2) is 0 Å². The van der Waals surface area contributed by atoms with Crippen LogP contribution in [-0.2, 0) is 0 Å². The van der Waals surface area contributed by atoms with Crippen molar-refractivity contribution >= 4 is 8.07 Å². The molecule has 0 amide bonds. The Hall–Kier alpha value is 0.137. The summed E-state index contributed by atoms with van der Waals surface area (Å²) in [5, 5.41) is 0. The minimum absolute atomic E-state index is 0.278. The molecule has 0 unspecified atom stereocenters. The highest BCUT2D eigenvalue weighted by molar-refractivity contribution is 6.77. The van der Waals surface area contributed by atoms with E-state index in [4.69, 9.17) is 11.5 Å². The summed E-state index contributed by atoms with van der Waals surface area (Å²) in [6.45, 7) is 4.80. The van der Waals surface area contributed by atoms with Crippen molar-refractivity contribution in [3.63, 3.8) is 0 Å². The number of hydrogen-bond acceptors (Lipinski definition) is 2. The molecule has 0 aromatic heterocycles. The van der Waals surface area contributed by atoms with Crippen LogP contribution < -0.4 is 11.5 Å². The van der Waals surface area contributed by atoms with Crippen LogP contribution in [0.25, 0.3) is 0 Å². The molecule has 1 heterocycles. The summed E-state index contributed by atoms with van der Waals surface area (Å²) < 4.78 is 0. The van der Waals surface area contributed by atoms with Crippen LogP contribution >= 0.6 is 0 Å². The summed E-state index contributed by atoms with van der Waals surface area (Å²) in [5.74, 6) is 0. The SMILES string of the molecule is C[Si]1(C)CC[C@H](N)[C@@H](N)C1. The van der Waals surface area contributed by atoms with Gasteiger partial charge in [-0.25, -0.2) is 0 Å². The zero-order valence-electron chi connectivity index (χ0n) is 6.93. The van der Waals surface area contributed by atoms with Gasteiger partial charge >= 0.3 is 0 Å². The highest BCUT2D eigenvalue weighted by Gasteiger charge is 2.31. The molecule has 60 valence electrons. The molecule has 0 saturated carbocycles. The van der Waals surface area contributed by atoms with Crippen molar-refractivity contribution in [2.24, 2.45) is 11.5 Å². The second-order valence-electron chi connectivity index (χ2n) is 4.23. The molecule has 10 heavy (non-hydrogen) atoms. The van der Waals surface area contributed by atoms with Crippen LogP contribution in [0.2, 0.25) is 25.2 Å². The zero-order valence-corrected chi connectivity index (χ0v) is 7.93. The number of hydrogen-bond donors (Lipinski definition) is 2. The quantitative estimate of drug-likeness (QED) is 0.511. The molecule has 1 aliphatic rings. The third-order valence-corrected chi connectivity index (χ3v) is 5.71. The van der Waals surface area contributed by atoms with E-state index in [1.807, 2.05) is 0 Å². The summed E-state index contributed by atoms with van der Waals surface area (Å²) in [6.07, 6.45) is 1.15. The largest absolute Gasteiger partial charge is 0.327 e. The van der Waals surface area contributed by atoms with E-state index in [1.165, 1.54) is 12.1 Å². The van der Waals surface area contributed by atoms with Gasteiger partial charge in [0.2, 0.25) is 0 Å². The summed E-state index contributed by atoms with van der Waals surface area (Å²) in [5.41, 5.74) is 11.7. The van der Waals surface area contributed by atoms with Crippen molar-refractivity contribution in [1.29, 1.82) is 0 Å². The molecule has 4 N–H and O–H groups in total. The standard InChI is InChI=1S/C7H18N2Si/c1-10(2)4-3-6(8)7(9)5-10/h6-7H,3-5,8-9H2,1-2H3/t6-,7-/m0/s1. The lowest BCUT2D eigenvalue weighted by Gasteiger charge is -2.35. The van der Waals surface area contributed by atoms with Crippen molar-refractivity contribution in [1.82, 2.24) is 0 Å². The lowest BCUT2D eigenvalue weighted by molar-refractivity contribution is 0.514. The Balaban J connectivity index is 2.49. The molecular formula is C7H18N2Si. The molecule has 1 rings (SSSR count). The third kappa shape index (κ3) is 1.81. The van der Waals surface area contributed by atoms with Crippen LogP contribution in [0.1, 0.15) is 6.42 Å². The topological polar surface area (TPSA) is 52.0 Å². The van der Waals surface area contributed by atoms with Gasteiger partial charge in [-0.3, -0.25) is 0 Å². The van der Waals surface area contributed by atoms with E-state index < -0.39 is 8.07 Å². The maximum Gasteiger partial charge on any atom is 0.0490 e. The van der Waals surface area contributed by atoms with E-state index >= 15 is 0 Å². The fourth-order valence-electron chi connectivity index (χ4n) is 1.66. The normalized spacial score (nSPS) is 39.6. The Morgan fingerprint density at radius 3 is 2.20 bits per heavy atom. The second kappa shape index (κ2) is 2.64. The summed E-state index contributed by atoms with van der Waals surface area (Å²) >= 11 is 0. The Bertz CT molecular complexity index is 125. The van der Waals surface area contributed by atoms with Crippen molar-refractivity contribution in [3.8, 4) is 0 Å². The third-order valence-electron chi connectivity index (χ3n) is 2.49. The maximum atomic E-state index is 5.86. The van der Waals surface area contributed by atoms with E-state index in [-0.39, 0.29) is 12.1 Å². The molecule has 0 aromatic carbocycles. The van der Waals surface area contributed by atoms with Crippen LogP contribution in [-0.4, -0.2) is 20.2 Å². The molecule has 0 radical (unpaired) electrons. The maximum absolute atomic E-state index is 5.86. The molecule has 0 spiro atoms. The van der Waals surface area contributed by atoms with Gasteiger partial charge in [-0.2, -0.15) is 0 Å². The zero-order chi connectivity index (χ0) is 7.78. The van der Waals surface area contributed by atoms with Gasteiger partial charge in [-0.1, -0.05) is 19.1 Å². The van der Waals surface area contributed by atoms with Crippen LogP contribution in [0.4, 0.5) is 0 Å². The lowest BCUT2D eigenvalue weighted by Crippen LogP contribution is -2.51. The molecule has 0 aromatic rings. The van der Waals surface area contributed by atoms with E-state index in [2.05, 4.69) is 13.1 Å². The van der Waals surface area contributed by atoms with E-state index in [0.29, 0.717) is 0 Å². The average molecular weight is 158 g/mol. The van der Waals surface area contributed by atoms with E-state index in [1.54, 1.807) is 0 Å². The molecule has 0 bridgehead atoms. The van der Waals surface area contributed by atoms with Gasteiger partial charge in [-0.15, -0.1) is 0 Å². The van der Waals surface area contributed by atoms with Gasteiger partial charge in [-0.05, 0) is 12.5 Å². The monoisotopic (exact) mass is 158 g/mol. The van der Waals surface area contributed by atoms with Gasteiger partial charge in [0, 0.05) is 20.2 Å². The van der Waals surface area contributed by atoms with Gasteiger partial charge < -0.3 is 11.5 Å². The van der Waals surface area contributed by atoms with E-state index in [0.717, 1.165) is 6.42 Å². The Morgan fingerprint density at radius 1 is 1.20 bits per heavy atom. The molecule has 3 heteroatoms. The minimum Gasteiger partial charge on any atom is -0.327 e. The lowest BCUT2D eigenvalue weighted by atomic mass is 10.1. The van der Waals surface area contributed by atoms with Crippen LogP contribution in [0, 0.1) is 0 Å². The van der Waals surface area contributed by atoms with Gasteiger partial charge in [0.05, 0.1) is 0 Å². The van der Waals surface area contributed by atoms with Crippen molar-refractivity contribution in [3.05, 3.63) is 0 Å². The Labute approximate surface area is 64.0 Å². The molecule has 1 aliphatic heterocycles. The van der Waals surface area contributed by atoms with Crippen LogP contribution in [0.5, 0.6) is 0 Å². The van der Waals surface area contributed by atoms with Gasteiger partial charge in [0.25, 0.3) is 0 Å². The summed E-state index contributed by atoms with van der Waals surface area (Å²) in [7, 11) is -0.900. The first kappa shape index (κ1) is 8.24. The van der Waals surface area contributed by atoms with Gasteiger partial charge in [0.1, 0.15) is 0 Å². The molecule has 1 saturated heterocycles. The Morgan fingerprint density at radius 2 is 1.80 bits per heavy atom. The fraction of sp³-hybridized carbons (Fsp3) is 1.00. The first-order valence-corrected chi connectivity index (χ1v) is 7.44. The molecule has 2 nitrogen and oxygen atoms in total.